The summed E-state index contributed by atoms with van der Waals surface area (Å²) < 4.78 is 0.960. The van der Waals surface area contributed by atoms with Gasteiger partial charge < -0.3 is 11.1 Å². The fraction of sp³-hybridized carbons (Fsp3) is 0.500. The van der Waals surface area contributed by atoms with E-state index in [2.05, 4.69) is 40.3 Å². The van der Waals surface area contributed by atoms with E-state index in [0.717, 1.165) is 28.1 Å². The van der Waals surface area contributed by atoms with Crippen molar-refractivity contribution < 1.29 is 0 Å². The van der Waals surface area contributed by atoms with Crippen LogP contribution in [-0.2, 0) is 0 Å². The maximum Gasteiger partial charge on any atom is 0.105 e. The molecule has 0 radical (unpaired) electrons. The normalized spacial score (nSPS) is 16.3. The number of benzene rings is 1. The summed E-state index contributed by atoms with van der Waals surface area (Å²) in [7, 11) is 0. The minimum absolute atomic E-state index is 0.429. The molecule has 2 nitrogen and oxygen atoms in total. The Balaban J connectivity index is 2.03. The van der Waals surface area contributed by atoms with Crippen LogP contribution in [0.15, 0.2) is 22.7 Å². The fourth-order valence-corrected chi connectivity index (χ4v) is 3.03. The van der Waals surface area contributed by atoms with Gasteiger partial charge in [0.05, 0.1) is 0 Å². The van der Waals surface area contributed by atoms with Crippen molar-refractivity contribution in [3.8, 4) is 0 Å². The maximum absolute atomic E-state index is 5.65. The molecule has 0 saturated heterocycles. The van der Waals surface area contributed by atoms with Crippen LogP contribution in [0.1, 0.15) is 38.2 Å². The van der Waals surface area contributed by atoms with Crippen LogP contribution in [0.2, 0.25) is 0 Å². The second kappa shape index (κ2) is 6.02. The second-order valence-corrected chi connectivity index (χ2v) is 6.28. The molecule has 98 valence electrons. The molecule has 1 aromatic carbocycles. The highest BCUT2D eigenvalue weighted by Crippen LogP contribution is 2.35. The van der Waals surface area contributed by atoms with Crippen molar-refractivity contribution in [2.75, 3.05) is 5.32 Å². The molecule has 4 heteroatoms. The quantitative estimate of drug-likeness (QED) is 0.774. The van der Waals surface area contributed by atoms with Crippen LogP contribution in [0, 0.1) is 5.92 Å². The Bertz CT molecular complexity index is 443. The summed E-state index contributed by atoms with van der Waals surface area (Å²) in [4.78, 5) is 0.429. The molecule has 1 saturated carbocycles. The molecule has 0 aliphatic heterocycles. The molecule has 3 N–H and O–H groups in total. The van der Waals surface area contributed by atoms with Crippen LogP contribution in [0.5, 0.6) is 0 Å². The molecule has 0 bridgehead atoms. The van der Waals surface area contributed by atoms with Crippen molar-refractivity contribution in [1.29, 1.82) is 0 Å². The van der Waals surface area contributed by atoms with Gasteiger partial charge in [-0.05, 0) is 52.9 Å². The lowest BCUT2D eigenvalue weighted by atomic mass is 10.1. The van der Waals surface area contributed by atoms with E-state index in [9.17, 15) is 0 Å². The topological polar surface area (TPSA) is 38.0 Å². The van der Waals surface area contributed by atoms with Gasteiger partial charge in [0.2, 0.25) is 0 Å². The molecule has 18 heavy (non-hydrogen) atoms. The van der Waals surface area contributed by atoms with Gasteiger partial charge in [-0.2, -0.15) is 0 Å². The number of nitrogens with one attached hydrogen (secondary N) is 1. The molecule has 0 heterocycles. The molecule has 0 aromatic heterocycles. The summed E-state index contributed by atoms with van der Waals surface area (Å²) in [6.07, 6.45) is 5.25. The minimum atomic E-state index is 0.429. The number of anilines is 1. The minimum Gasteiger partial charge on any atom is -0.389 e. The Morgan fingerprint density at radius 1 is 1.56 bits per heavy atom. The number of hydrogen-bond donors (Lipinski definition) is 2. The van der Waals surface area contributed by atoms with Crippen LogP contribution in [-0.4, -0.2) is 11.0 Å². The van der Waals surface area contributed by atoms with Crippen molar-refractivity contribution in [2.45, 2.75) is 38.6 Å². The Labute approximate surface area is 122 Å². The van der Waals surface area contributed by atoms with Gasteiger partial charge in [-0.15, -0.1) is 0 Å². The van der Waals surface area contributed by atoms with E-state index in [1.54, 1.807) is 0 Å². The molecule has 0 spiro atoms. The first-order valence-corrected chi connectivity index (χ1v) is 7.66. The van der Waals surface area contributed by atoms with Gasteiger partial charge >= 0.3 is 0 Å². The van der Waals surface area contributed by atoms with Crippen LogP contribution < -0.4 is 11.1 Å². The third kappa shape index (κ3) is 3.69. The van der Waals surface area contributed by atoms with Gasteiger partial charge in [-0.3, -0.25) is 0 Å². The van der Waals surface area contributed by atoms with Gasteiger partial charge in [0, 0.05) is 21.8 Å². The Hall–Kier alpha value is -0.610. The zero-order valence-corrected chi connectivity index (χ0v) is 13.0. The SMILES string of the molecule is CCC(CC1CC1)Nc1ccc(C(N)=S)c(Br)c1. The van der Waals surface area contributed by atoms with Gasteiger partial charge in [0.25, 0.3) is 0 Å². The van der Waals surface area contributed by atoms with Crippen LogP contribution in [0.25, 0.3) is 0 Å². The number of rotatable bonds is 6. The second-order valence-electron chi connectivity index (χ2n) is 4.99. The van der Waals surface area contributed by atoms with E-state index in [1.807, 2.05) is 6.07 Å². The highest BCUT2D eigenvalue weighted by atomic mass is 79.9. The fourth-order valence-electron chi connectivity index (χ4n) is 2.12. The molecular formula is C14H19BrN2S. The van der Waals surface area contributed by atoms with E-state index < -0.39 is 0 Å². The molecule has 1 atom stereocenters. The maximum atomic E-state index is 5.65. The lowest BCUT2D eigenvalue weighted by Crippen LogP contribution is -2.19. The largest absolute Gasteiger partial charge is 0.389 e. The average Bonchev–Trinajstić information content (AvgIpc) is 3.11. The average molecular weight is 327 g/mol. The summed E-state index contributed by atoms with van der Waals surface area (Å²) in [6, 6.07) is 6.65. The van der Waals surface area contributed by atoms with Gasteiger partial charge in [-0.25, -0.2) is 0 Å². The summed E-state index contributed by atoms with van der Waals surface area (Å²) in [5.74, 6) is 0.946. The number of halogens is 1. The van der Waals surface area contributed by atoms with Crippen molar-refractivity contribution in [3.63, 3.8) is 0 Å². The van der Waals surface area contributed by atoms with Gasteiger partial charge in [0.1, 0.15) is 4.99 Å². The smallest absolute Gasteiger partial charge is 0.105 e. The van der Waals surface area contributed by atoms with Gasteiger partial charge in [-0.1, -0.05) is 32.0 Å². The summed E-state index contributed by atoms with van der Waals surface area (Å²) in [5.41, 5.74) is 7.68. The summed E-state index contributed by atoms with van der Waals surface area (Å²) in [6.45, 7) is 2.23. The Morgan fingerprint density at radius 3 is 2.78 bits per heavy atom. The van der Waals surface area contributed by atoms with E-state index in [0.29, 0.717) is 11.0 Å². The van der Waals surface area contributed by atoms with Crippen molar-refractivity contribution >= 4 is 38.8 Å². The van der Waals surface area contributed by atoms with E-state index in [4.69, 9.17) is 18.0 Å². The van der Waals surface area contributed by atoms with Crippen molar-refractivity contribution in [1.82, 2.24) is 0 Å². The molecular weight excluding hydrogens is 308 g/mol. The first-order valence-electron chi connectivity index (χ1n) is 6.46. The van der Waals surface area contributed by atoms with Crippen LogP contribution in [0.4, 0.5) is 5.69 Å². The lowest BCUT2D eigenvalue weighted by Gasteiger charge is -2.18. The van der Waals surface area contributed by atoms with Crippen LogP contribution in [0.3, 0.4) is 0 Å². The Morgan fingerprint density at radius 2 is 2.28 bits per heavy atom. The van der Waals surface area contributed by atoms with E-state index >= 15 is 0 Å². The molecule has 2 rings (SSSR count). The predicted octanol–water partition coefficient (Wildman–Crippen LogP) is 4.07. The highest BCUT2D eigenvalue weighted by molar-refractivity contribution is 9.10. The third-order valence-electron chi connectivity index (χ3n) is 3.41. The monoisotopic (exact) mass is 326 g/mol. The molecule has 0 amide bonds. The number of nitrogens with two attached hydrogens (primary N) is 1. The van der Waals surface area contributed by atoms with E-state index in [-0.39, 0.29) is 0 Å². The summed E-state index contributed by atoms with van der Waals surface area (Å²) in [5, 5.41) is 3.59. The Kier molecular flexibility index (Phi) is 4.62. The lowest BCUT2D eigenvalue weighted by molar-refractivity contribution is 0.587. The van der Waals surface area contributed by atoms with Crippen molar-refractivity contribution in [2.24, 2.45) is 11.7 Å². The molecule has 1 unspecified atom stereocenters. The van der Waals surface area contributed by atoms with Gasteiger partial charge in [0.15, 0.2) is 0 Å². The third-order valence-corrected chi connectivity index (χ3v) is 4.29. The zero-order valence-electron chi connectivity index (χ0n) is 10.6. The first kappa shape index (κ1) is 13.8. The first-order chi connectivity index (χ1) is 8.60. The molecule has 1 aromatic rings. The number of thiocarbonyl (C=S) groups is 1. The summed E-state index contributed by atoms with van der Waals surface area (Å²) >= 11 is 8.51. The molecule has 1 fully saturated rings. The number of hydrogen-bond acceptors (Lipinski definition) is 2. The highest BCUT2D eigenvalue weighted by Gasteiger charge is 2.24. The molecule has 1 aliphatic carbocycles. The van der Waals surface area contributed by atoms with E-state index in [1.165, 1.54) is 19.3 Å². The van der Waals surface area contributed by atoms with Crippen molar-refractivity contribution in [3.05, 3.63) is 28.2 Å². The van der Waals surface area contributed by atoms with Crippen LogP contribution >= 0.6 is 28.1 Å². The zero-order chi connectivity index (χ0) is 13.1. The predicted molar refractivity (Wildman–Crippen MR) is 85.1 cm³/mol. The standard InChI is InChI=1S/C14H19BrN2S/c1-2-10(7-9-3-4-9)17-11-5-6-12(14(16)18)13(15)8-11/h5-6,8-10,17H,2-4,7H2,1H3,(H2,16,18). The molecule has 1 aliphatic rings.